The summed E-state index contributed by atoms with van der Waals surface area (Å²) in [6, 6.07) is 7.58. The van der Waals surface area contributed by atoms with E-state index in [1.54, 1.807) is 6.20 Å². The molecule has 4 heteroatoms. The maximum atomic E-state index is 11.1. The molecule has 0 N–H and O–H groups in total. The van der Waals surface area contributed by atoms with Crippen molar-refractivity contribution in [1.29, 1.82) is 0 Å². The Morgan fingerprint density at radius 2 is 2.24 bits per heavy atom. The smallest absolute Gasteiger partial charge is 0.305 e. The number of nitrogens with zero attached hydrogens (tertiary/aromatic N) is 1. The summed E-state index contributed by atoms with van der Waals surface area (Å²) in [5, 5.41) is 2.73. The second-order valence-corrected chi connectivity index (χ2v) is 4.14. The molecule has 2 aromatic rings. The minimum absolute atomic E-state index is 0.231. The number of fused-ring (bicyclic) bond motifs is 1. The molecule has 0 aliphatic carbocycles. The van der Waals surface area contributed by atoms with E-state index in [2.05, 4.69) is 9.72 Å². The average molecular weight is 250 g/mol. The third-order valence-electron chi connectivity index (χ3n) is 2.60. The lowest BCUT2D eigenvalue weighted by Gasteiger charge is -2.05. The number of hydrogen-bond acceptors (Lipinski definition) is 3. The van der Waals surface area contributed by atoms with Gasteiger partial charge in [0.25, 0.3) is 0 Å². The van der Waals surface area contributed by atoms with Gasteiger partial charge in [0.1, 0.15) is 0 Å². The van der Waals surface area contributed by atoms with E-state index in [0.29, 0.717) is 17.9 Å². The summed E-state index contributed by atoms with van der Waals surface area (Å²) >= 11 is 5.96. The summed E-state index contributed by atoms with van der Waals surface area (Å²) in [4.78, 5) is 15.4. The van der Waals surface area contributed by atoms with Crippen LogP contribution in [-0.2, 0) is 16.0 Å². The first kappa shape index (κ1) is 11.9. The fraction of sp³-hybridized carbons (Fsp3) is 0.231. The molecule has 2 rings (SSSR count). The van der Waals surface area contributed by atoms with Gasteiger partial charge < -0.3 is 4.74 Å². The molecule has 0 aliphatic rings. The maximum Gasteiger partial charge on any atom is 0.305 e. The van der Waals surface area contributed by atoms with Gasteiger partial charge in [-0.2, -0.15) is 0 Å². The van der Waals surface area contributed by atoms with Gasteiger partial charge in [-0.15, -0.1) is 0 Å². The highest BCUT2D eigenvalue weighted by atomic mass is 35.5. The Labute approximate surface area is 104 Å². The summed E-state index contributed by atoms with van der Waals surface area (Å²) in [6.45, 7) is 0. The lowest BCUT2D eigenvalue weighted by molar-refractivity contribution is -0.140. The third-order valence-corrected chi connectivity index (χ3v) is 2.84. The molecule has 0 radical (unpaired) electrons. The van der Waals surface area contributed by atoms with Gasteiger partial charge in [0, 0.05) is 28.7 Å². The first-order valence-corrected chi connectivity index (χ1v) is 5.68. The van der Waals surface area contributed by atoms with Crippen molar-refractivity contribution in [1.82, 2.24) is 4.98 Å². The standard InChI is InChI=1S/C13H12ClNO2/c1-17-13(16)5-4-12-11-8-10(14)3-2-9(11)6-7-15-12/h2-3,6-8H,4-5H2,1H3. The van der Waals surface area contributed by atoms with Crippen molar-refractivity contribution in [3.05, 3.63) is 41.2 Å². The second kappa shape index (κ2) is 5.15. The van der Waals surface area contributed by atoms with Gasteiger partial charge in [-0.1, -0.05) is 17.7 Å². The minimum atomic E-state index is -0.231. The van der Waals surface area contributed by atoms with E-state index in [1.165, 1.54) is 7.11 Å². The number of hydrogen-bond donors (Lipinski definition) is 0. The van der Waals surface area contributed by atoms with Crippen molar-refractivity contribution in [3.63, 3.8) is 0 Å². The van der Waals surface area contributed by atoms with Gasteiger partial charge in [-0.3, -0.25) is 9.78 Å². The normalized spacial score (nSPS) is 10.5. The van der Waals surface area contributed by atoms with Crippen LogP contribution < -0.4 is 0 Å². The molecule has 88 valence electrons. The quantitative estimate of drug-likeness (QED) is 0.785. The largest absolute Gasteiger partial charge is 0.469 e. The van der Waals surface area contributed by atoms with Gasteiger partial charge in [0.05, 0.1) is 13.5 Å². The summed E-state index contributed by atoms with van der Waals surface area (Å²) in [7, 11) is 1.38. The second-order valence-electron chi connectivity index (χ2n) is 3.70. The van der Waals surface area contributed by atoms with Crippen molar-refractivity contribution in [2.24, 2.45) is 0 Å². The topological polar surface area (TPSA) is 39.2 Å². The highest BCUT2D eigenvalue weighted by molar-refractivity contribution is 6.31. The van der Waals surface area contributed by atoms with Gasteiger partial charge in [0.15, 0.2) is 0 Å². The van der Waals surface area contributed by atoms with E-state index >= 15 is 0 Å². The molecule has 0 aliphatic heterocycles. The zero-order chi connectivity index (χ0) is 12.3. The molecule has 0 amide bonds. The maximum absolute atomic E-state index is 11.1. The highest BCUT2D eigenvalue weighted by Gasteiger charge is 2.06. The monoisotopic (exact) mass is 249 g/mol. The molecule has 0 bridgehead atoms. The number of aromatic nitrogens is 1. The molecule has 1 aromatic carbocycles. The molecule has 3 nitrogen and oxygen atoms in total. The predicted octanol–water partition coefficient (Wildman–Crippen LogP) is 2.99. The third kappa shape index (κ3) is 2.74. The molecular formula is C13H12ClNO2. The van der Waals surface area contributed by atoms with Crippen molar-refractivity contribution in [3.8, 4) is 0 Å². The lowest BCUT2D eigenvalue weighted by atomic mass is 10.1. The minimum Gasteiger partial charge on any atom is -0.469 e. The summed E-state index contributed by atoms with van der Waals surface area (Å²) in [6.07, 6.45) is 2.63. The van der Waals surface area contributed by atoms with E-state index in [9.17, 15) is 4.79 Å². The average Bonchev–Trinajstić information content (AvgIpc) is 2.35. The Morgan fingerprint density at radius 1 is 1.41 bits per heavy atom. The van der Waals surface area contributed by atoms with E-state index < -0.39 is 0 Å². The van der Waals surface area contributed by atoms with Crippen LogP contribution in [0.15, 0.2) is 30.5 Å². The van der Waals surface area contributed by atoms with Crippen LogP contribution >= 0.6 is 11.6 Å². The fourth-order valence-corrected chi connectivity index (χ4v) is 1.89. The van der Waals surface area contributed by atoms with Crippen LogP contribution in [0.1, 0.15) is 12.1 Å². The van der Waals surface area contributed by atoms with Gasteiger partial charge in [-0.25, -0.2) is 0 Å². The molecule has 1 aromatic heterocycles. The lowest BCUT2D eigenvalue weighted by Crippen LogP contribution is -2.03. The number of rotatable bonds is 3. The van der Waals surface area contributed by atoms with Crippen molar-refractivity contribution in [2.75, 3.05) is 7.11 Å². The van der Waals surface area contributed by atoms with Crippen molar-refractivity contribution >= 4 is 28.3 Å². The van der Waals surface area contributed by atoms with Gasteiger partial charge >= 0.3 is 5.97 Å². The molecule has 0 spiro atoms. The molecule has 0 unspecified atom stereocenters. The number of carbonyl (C=O) groups is 1. The van der Waals surface area contributed by atoms with Crippen LogP contribution in [0.2, 0.25) is 5.02 Å². The van der Waals surface area contributed by atoms with E-state index in [0.717, 1.165) is 16.5 Å². The number of halogens is 1. The first-order chi connectivity index (χ1) is 8.20. The van der Waals surface area contributed by atoms with Crippen LogP contribution in [0.25, 0.3) is 10.8 Å². The Hall–Kier alpha value is -1.61. The fourth-order valence-electron chi connectivity index (χ4n) is 1.72. The number of aryl methyl sites for hydroxylation is 1. The van der Waals surface area contributed by atoms with Crippen molar-refractivity contribution in [2.45, 2.75) is 12.8 Å². The molecular weight excluding hydrogens is 238 g/mol. The van der Waals surface area contributed by atoms with E-state index in [-0.39, 0.29) is 5.97 Å². The first-order valence-electron chi connectivity index (χ1n) is 5.30. The number of carbonyl (C=O) groups excluding carboxylic acids is 1. The van der Waals surface area contributed by atoms with Crippen LogP contribution in [0.5, 0.6) is 0 Å². The Bertz CT molecular complexity index is 554. The summed E-state index contributed by atoms with van der Waals surface area (Å²) in [5.41, 5.74) is 0.871. The number of methoxy groups -OCH3 is 1. The molecule has 0 fully saturated rings. The number of pyridine rings is 1. The zero-order valence-corrected chi connectivity index (χ0v) is 10.2. The molecule has 0 atom stereocenters. The van der Waals surface area contributed by atoms with Gasteiger partial charge in [-0.05, 0) is 23.6 Å². The zero-order valence-electron chi connectivity index (χ0n) is 9.44. The molecule has 1 heterocycles. The van der Waals surface area contributed by atoms with Crippen LogP contribution in [0.3, 0.4) is 0 Å². The molecule has 0 saturated carbocycles. The Morgan fingerprint density at radius 3 is 3.00 bits per heavy atom. The summed E-state index contributed by atoms with van der Waals surface area (Å²) in [5.74, 6) is -0.231. The molecule has 0 saturated heterocycles. The van der Waals surface area contributed by atoms with Gasteiger partial charge in [0.2, 0.25) is 0 Å². The molecule has 17 heavy (non-hydrogen) atoms. The van der Waals surface area contributed by atoms with E-state index in [1.807, 2.05) is 24.3 Å². The number of ether oxygens (including phenoxy) is 1. The SMILES string of the molecule is COC(=O)CCc1nccc2ccc(Cl)cc12. The van der Waals surface area contributed by atoms with Crippen LogP contribution in [0, 0.1) is 0 Å². The summed E-state index contributed by atoms with van der Waals surface area (Å²) < 4.78 is 4.61. The highest BCUT2D eigenvalue weighted by Crippen LogP contribution is 2.22. The van der Waals surface area contributed by atoms with Crippen LogP contribution in [0.4, 0.5) is 0 Å². The van der Waals surface area contributed by atoms with Crippen LogP contribution in [-0.4, -0.2) is 18.1 Å². The van der Waals surface area contributed by atoms with Crippen molar-refractivity contribution < 1.29 is 9.53 Å². The van der Waals surface area contributed by atoms with E-state index in [4.69, 9.17) is 11.6 Å². The Balaban J connectivity index is 2.33. The Kier molecular flexibility index (Phi) is 3.59. The predicted molar refractivity (Wildman–Crippen MR) is 67.1 cm³/mol. The number of esters is 1. The number of benzene rings is 1.